The molecule has 3 rings (SSSR count). The zero-order chi connectivity index (χ0) is 17.6. The van der Waals surface area contributed by atoms with Crippen molar-refractivity contribution in [2.24, 2.45) is 11.8 Å². The number of hydrazine groups is 1. The van der Waals surface area contributed by atoms with Crippen LogP contribution in [0, 0.1) is 11.8 Å². The van der Waals surface area contributed by atoms with Crippen molar-refractivity contribution < 1.29 is 14.3 Å². The Hall–Kier alpha value is -2.28. The number of ether oxygens (including phenoxy) is 2. The monoisotopic (exact) mass is 361 g/mol. The number of rotatable bonds is 6. The number of hydrogen-bond acceptors (Lipinski definition) is 4. The minimum atomic E-state index is -0.175. The van der Waals surface area contributed by atoms with Gasteiger partial charge < -0.3 is 14.8 Å². The van der Waals surface area contributed by atoms with Crippen molar-refractivity contribution in [3.8, 4) is 11.5 Å². The van der Waals surface area contributed by atoms with Gasteiger partial charge in [0.1, 0.15) is 11.5 Å². The first kappa shape index (κ1) is 17.5. The Kier molecular flexibility index (Phi) is 5.75. The van der Waals surface area contributed by atoms with Crippen molar-refractivity contribution in [1.29, 1.82) is 0 Å². The van der Waals surface area contributed by atoms with Crippen LogP contribution in [-0.2, 0) is 4.79 Å². The standard InChI is InChI=1S/C18H23N3O3S/c1-23-14-4-6-15(7-5-14)24-9-8-17(22)20-21-18(25)19-16-11-12-2-3-13(16)10-12/h2-7,12-13,16H,8-11H2,1H3,(H,20,22)(H2,19,21,25)/t12-,13+,16+/m0/s1. The minimum absolute atomic E-state index is 0.175. The highest BCUT2D eigenvalue weighted by Crippen LogP contribution is 2.38. The molecule has 1 fully saturated rings. The molecule has 0 aliphatic heterocycles. The molecule has 1 aromatic rings. The van der Waals surface area contributed by atoms with E-state index in [1.165, 1.54) is 6.42 Å². The number of thiocarbonyl (C=S) groups is 1. The lowest BCUT2D eigenvalue weighted by atomic mass is 10.0. The van der Waals surface area contributed by atoms with Crippen molar-refractivity contribution >= 4 is 23.2 Å². The van der Waals surface area contributed by atoms with E-state index in [9.17, 15) is 4.79 Å². The number of methoxy groups -OCH3 is 1. The SMILES string of the molecule is COc1ccc(OCCC(=O)NNC(=S)N[C@@H]2C[C@H]3C=C[C@@H]2C3)cc1. The molecule has 1 saturated carbocycles. The van der Waals surface area contributed by atoms with Crippen LogP contribution in [0.15, 0.2) is 36.4 Å². The molecule has 0 saturated heterocycles. The maximum Gasteiger partial charge on any atom is 0.241 e. The van der Waals surface area contributed by atoms with Gasteiger partial charge in [0.15, 0.2) is 5.11 Å². The summed E-state index contributed by atoms with van der Waals surface area (Å²) < 4.78 is 10.6. The largest absolute Gasteiger partial charge is 0.497 e. The summed E-state index contributed by atoms with van der Waals surface area (Å²) in [6.45, 7) is 0.289. The Bertz CT molecular complexity index is 647. The molecule has 2 aliphatic carbocycles. The molecule has 0 radical (unpaired) electrons. The Morgan fingerprint density at radius 3 is 2.56 bits per heavy atom. The van der Waals surface area contributed by atoms with Crippen LogP contribution in [0.1, 0.15) is 19.3 Å². The van der Waals surface area contributed by atoms with Crippen LogP contribution in [0.2, 0.25) is 0 Å². The lowest BCUT2D eigenvalue weighted by Crippen LogP contribution is -2.50. The molecule has 0 heterocycles. The molecule has 134 valence electrons. The van der Waals surface area contributed by atoms with Crippen LogP contribution in [0.25, 0.3) is 0 Å². The lowest BCUT2D eigenvalue weighted by Gasteiger charge is -2.22. The summed E-state index contributed by atoms with van der Waals surface area (Å²) in [4.78, 5) is 11.8. The smallest absolute Gasteiger partial charge is 0.241 e. The second-order valence-electron chi connectivity index (χ2n) is 6.31. The van der Waals surface area contributed by atoms with Gasteiger partial charge in [0.2, 0.25) is 5.91 Å². The molecule has 3 N–H and O–H groups in total. The third kappa shape index (κ3) is 4.85. The van der Waals surface area contributed by atoms with Gasteiger partial charge in [0, 0.05) is 6.04 Å². The van der Waals surface area contributed by atoms with Crippen LogP contribution in [0.4, 0.5) is 0 Å². The van der Waals surface area contributed by atoms with Gasteiger partial charge in [-0.1, -0.05) is 12.2 Å². The van der Waals surface area contributed by atoms with Crippen molar-refractivity contribution in [3.05, 3.63) is 36.4 Å². The van der Waals surface area contributed by atoms with Crippen LogP contribution >= 0.6 is 12.2 Å². The number of allylic oxidation sites excluding steroid dienone is 1. The predicted octanol–water partition coefficient (Wildman–Crippen LogP) is 1.92. The van der Waals surface area contributed by atoms with Crippen LogP contribution in [-0.4, -0.2) is 30.8 Å². The third-order valence-corrected chi connectivity index (χ3v) is 4.79. The first-order valence-electron chi connectivity index (χ1n) is 8.44. The number of carbonyl (C=O) groups excluding carboxylic acids is 1. The topological polar surface area (TPSA) is 71.6 Å². The Balaban J connectivity index is 1.29. The predicted molar refractivity (Wildman–Crippen MR) is 99.3 cm³/mol. The average Bonchev–Trinajstić information content (AvgIpc) is 3.23. The second-order valence-corrected chi connectivity index (χ2v) is 6.72. The lowest BCUT2D eigenvalue weighted by molar-refractivity contribution is -0.122. The van der Waals surface area contributed by atoms with Crippen molar-refractivity contribution in [2.75, 3.05) is 13.7 Å². The van der Waals surface area contributed by atoms with E-state index in [0.717, 1.165) is 12.2 Å². The van der Waals surface area contributed by atoms with E-state index in [4.69, 9.17) is 21.7 Å². The van der Waals surface area contributed by atoms with E-state index in [1.54, 1.807) is 19.2 Å². The fraction of sp³-hybridized carbons (Fsp3) is 0.444. The van der Waals surface area contributed by atoms with E-state index >= 15 is 0 Å². The summed E-state index contributed by atoms with van der Waals surface area (Å²) in [6, 6.07) is 7.60. The normalized spacial score (nSPS) is 23.2. The van der Waals surface area contributed by atoms with E-state index in [1.807, 2.05) is 12.1 Å². The van der Waals surface area contributed by atoms with Gasteiger partial charge in [-0.05, 0) is 61.2 Å². The van der Waals surface area contributed by atoms with Gasteiger partial charge in [-0.15, -0.1) is 0 Å². The van der Waals surface area contributed by atoms with Crippen LogP contribution in [0.3, 0.4) is 0 Å². The van der Waals surface area contributed by atoms with Crippen LogP contribution in [0.5, 0.6) is 11.5 Å². The van der Waals surface area contributed by atoms with Crippen molar-refractivity contribution in [2.45, 2.75) is 25.3 Å². The number of hydrogen-bond donors (Lipinski definition) is 3. The Morgan fingerprint density at radius 2 is 1.92 bits per heavy atom. The van der Waals surface area contributed by atoms with Gasteiger partial charge in [-0.25, -0.2) is 0 Å². The molecule has 7 heteroatoms. The zero-order valence-corrected chi connectivity index (χ0v) is 15.0. The molecular formula is C18H23N3O3S. The van der Waals surface area contributed by atoms with E-state index in [2.05, 4.69) is 28.3 Å². The zero-order valence-electron chi connectivity index (χ0n) is 14.2. The highest BCUT2D eigenvalue weighted by Gasteiger charge is 2.35. The highest BCUT2D eigenvalue weighted by molar-refractivity contribution is 7.80. The number of carbonyl (C=O) groups is 1. The summed E-state index contributed by atoms with van der Waals surface area (Å²) in [5.74, 6) is 2.52. The summed E-state index contributed by atoms with van der Waals surface area (Å²) in [6.07, 6.45) is 7.08. The Morgan fingerprint density at radius 1 is 1.16 bits per heavy atom. The van der Waals surface area contributed by atoms with E-state index < -0.39 is 0 Å². The molecule has 0 unspecified atom stereocenters. The first-order chi connectivity index (χ1) is 12.1. The number of fused-ring (bicyclic) bond motifs is 2. The fourth-order valence-electron chi connectivity index (χ4n) is 3.27. The summed E-state index contributed by atoms with van der Waals surface area (Å²) in [5, 5.41) is 3.72. The van der Waals surface area contributed by atoms with Gasteiger partial charge in [-0.2, -0.15) is 0 Å². The molecule has 1 aromatic carbocycles. The summed E-state index contributed by atoms with van der Waals surface area (Å²) in [7, 11) is 1.61. The first-order valence-corrected chi connectivity index (χ1v) is 8.85. The van der Waals surface area contributed by atoms with Gasteiger partial charge in [0.25, 0.3) is 0 Å². The maximum atomic E-state index is 11.8. The second kappa shape index (κ2) is 8.20. The molecule has 0 aromatic heterocycles. The van der Waals surface area contributed by atoms with Gasteiger partial charge in [0.05, 0.1) is 20.1 Å². The quantitative estimate of drug-likeness (QED) is 0.409. The van der Waals surface area contributed by atoms with E-state index in [0.29, 0.717) is 28.7 Å². The molecule has 0 spiro atoms. The highest BCUT2D eigenvalue weighted by atomic mass is 32.1. The average molecular weight is 361 g/mol. The van der Waals surface area contributed by atoms with Crippen molar-refractivity contribution in [1.82, 2.24) is 16.2 Å². The van der Waals surface area contributed by atoms with E-state index in [-0.39, 0.29) is 18.9 Å². The Labute approximate surface area is 152 Å². The van der Waals surface area contributed by atoms with Crippen molar-refractivity contribution in [3.63, 3.8) is 0 Å². The maximum absolute atomic E-state index is 11.8. The molecule has 2 bridgehead atoms. The van der Waals surface area contributed by atoms with Gasteiger partial charge >= 0.3 is 0 Å². The third-order valence-electron chi connectivity index (χ3n) is 4.57. The molecule has 1 amide bonds. The number of nitrogens with one attached hydrogen (secondary N) is 3. The molecular weight excluding hydrogens is 338 g/mol. The number of amides is 1. The van der Waals surface area contributed by atoms with Crippen LogP contribution < -0.4 is 25.6 Å². The molecule has 2 aliphatic rings. The summed E-state index contributed by atoms with van der Waals surface area (Å²) in [5.41, 5.74) is 5.35. The molecule has 3 atom stereocenters. The fourth-order valence-corrected chi connectivity index (χ4v) is 3.48. The van der Waals surface area contributed by atoms with Gasteiger partial charge in [-0.3, -0.25) is 15.6 Å². The molecule has 6 nitrogen and oxygen atoms in total. The summed E-state index contributed by atoms with van der Waals surface area (Å²) >= 11 is 5.23. The minimum Gasteiger partial charge on any atom is -0.497 e. The molecule has 25 heavy (non-hydrogen) atoms. The number of benzene rings is 1.